The summed E-state index contributed by atoms with van der Waals surface area (Å²) in [7, 11) is 0. The van der Waals surface area contributed by atoms with Crippen LogP contribution in [0.4, 0.5) is 4.39 Å². The largest absolute Gasteiger partial charge is 0.507 e. The van der Waals surface area contributed by atoms with Crippen LogP contribution in [0.25, 0.3) is 21.9 Å². The van der Waals surface area contributed by atoms with Crippen molar-refractivity contribution in [3.8, 4) is 16.9 Å². The Morgan fingerprint density at radius 3 is 2.35 bits per heavy atom. The Bertz CT molecular complexity index is 766. The maximum Gasteiger partial charge on any atom is 0.131 e. The molecule has 0 spiro atoms. The quantitative estimate of drug-likeness (QED) is 0.663. The molecule has 0 bridgehead atoms. The van der Waals surface area contributed by atoms with E-state index in [0.717, 1.165) is 11.1 Å². The molecule has 0 heterocycles. The number of rotatable bonds is 2. The lowest BCUT2D eigenvalue weighted by atomic mass is 9.99. The van der Waals surface area contributed by atoms with Gasteiger partial charge in [0.05, 0.1) is 0 Å². The Kier molecular flexibility index (Phi) is 3.36. The Balaban J connectivity index is 2.18. The predicted octanol–water partition coefficient (Wildman–Crippen LogP) is 5.07. The molecule has 100 valence electrons. The van der Waals surface area contributed by atoms with Crippen LogP contribution in [0, 0.1) is 5.82 Å². The van der Waals surface area contributed by atoms with E-state index < -0.39 is 0 Å². The summed E-state index contributed by atoms with van der Waals surface area (Å²) >= 11 is 1.67. The third-order valence-electron chi connectivity index (χ3n) is 3.38. The van der Waals surface area contributed by atoms with E-state index in [4.69, 9.17) is 0 Å². The number of benzene rings is 3. The van der Waals surface area contributed by atoms with E-state index >= 15 is 0 Å². The standard InChI is InChI=1S/C17H13FOS/c1-20-12-7-5-11(6-8-12)13-9-10-14-15(17(13)19)3-2-4-16(14)18/h2-10,19H,1H3. The summed E-state index contributed by atoms with van der Waals surface area (Å²) in [6, 6.07) is 16.2. The molecule has 20 heavy (non-hydrogen) atoms. The smallest absolute Gasteiger partial charge is 0.131 e. The van der Waals surface area contributed by atoms with Gasteiger partial charge in [-0.15, -0.1) is 11.8 Å². The van der Waals surface area contributed by atoms with E-state index in [0.29, 0.717) is 10.8 Å². The molecule has 1 N–H and O–H groups in total. The Labute approximate surface area is 121 Å². The van der Waals surface area contributed by atoms with Crippen LogP contribution >= 0.6 is 11.8 Å². The molecule has 3 rings (SSSR count). The van der Waals surface area contributed by atoms with Crippen molar-refractivity contribution in [1.29, 1.82) is 0 Å². The second-order valence-electron chi connectivity index (χ2n) is 4.53. The SMILES string of the molecule is CSc1ccc(-c2ccc3c(F)cccc3c2O)cc1. The molecule has 1 nitrogen and oxygen atoms in total. The summed E-state index contributed by atoms with van der Waals surface area (Å²) < 4.78 is 13.7. The van der Waals surface area contributed by atoms with Crippen molar-refractivity contribution in [1.82, 2.24) is 0 Å². The summed E-state index contributed by atoms with van der Waals surface area (Å²) in [5.41, 5.74) is 1.64. The minimum Gasteiger partial charge on any atom is -0.507 e. The molecular weight excluding hydrogens is 271 g/mol. The summed E-state index contributed by atoms with van der Waals surface area (Å²) in [6.07, 6.45) is 2.02. The molecule has 0 aromatic heterocycles. The zero-order valence-electron chi connectivity index (χ0n) is 10.9. The molecule has 0 amide bonds. The van der Waals surface area contributed by atoms with Crippen LogP contribution < -0.4 is 0 Å². The lowest BCUT2D eigenvalue weighted by Crippen LogP contribution is -1.84. The number of fused-ring (bicyclic) bond motifs is 1. The van der Waals surface area contributed by atoms with Crippen LogP contribution in [0.1, 0.15) is 0 Å². The number of phenols is 1. The van der Waals surface area contributed by atoms with Gasteiger partial charge in [0.15, 0.2) is 0 Å². The molecule has 3 heteroatoms. The van der Waals surface area contributed by atoms with Crippen molar-refractivity contribution >= 4 is 22.5 Å². The first-order valence-corrected chi connectivity index (χ1v) is 7.48. The fourth-order valence-electron chi connectivity index (χ4n) is 2.31. The van der Waals surface area contributed by atoms with Crippen molar-refractivity contribution in [3.63, 3.8) is 0 Å². The third kappa shape index (κ3) is 2.14. The fraction of sp³-hybridized carbons (Fsp3) is 0.0588. The summed E-state index contributed by atoms with van der Waals surface area (Å²) in [5.74, 6) is -0.194. The van der Waals surface area contributed by atoms with Crippen LogP contribution in [0.5, 0.6) is 5.75 Å². The molecule has 0 fully saturated rings. The van der Waals surface area contributed by atoms with Gasteiger partial charge in [-0.3, -0.25) is 0 Å². The van der Waals surface area contributed by atoms with Gasteiger partial charge in [-0.25, -0.2) is 4.39 Å². The van der Waals surface area contributed by atoms with E-state index in [1.807, 2.05) is 30.5 Å². The van der Waals surface area contributed by atoms with Crippen LogP contribution in [0.2, 0.25) is 0 Å². The predicted molar refractivity (Wildman–Crippen MR) is 82.8 cm³/mol. The van der Waals surface area contributed by atoms with Crippen molar-refractivity contribution in [3.05, 3.63) is 60.4 Å². The number of aromatic hydroxyl groups is 1. The van der Waals surface area contributed by atoms with Gasteiger partial charge in [-0.05, 0) is 36.1 Å². The van der Waals surface area contributed by atoms with Gasteiger partial charge in [-0.1, -0.05) is 30.3 Å². The Morgan fingerprint density at radius 2 is 1.65 bits per heavy atom. The molecule has 0 saturated heterocycles. The summed E-state index contributed by atoms with van der Waals surface area (Å²) in [5, 5.41) is 11.4. The van der Waals surface area contributed by atoms with Crippen LogP contribution in [-0.4, -0.2) is 11.4 Å². The number of halogens is 1. The van der Waals surface area contributed by atoms with Crippen molar-refractivity contribution in [2.75, 3.05) is 6.26 Å². The Morgan fingerprint density at radius 1 is 0.900 bits per heavy atom. The highest BCUT2D eigenvalue weighted by Gasteiger charge is 2.10. The molecule has 0 aliphatic carbocycles. The highest BCUT2D eigenvalue weighted by Crippen LogP contribution is 2.37. The lowest BCUT2D eigenvalue weighted by molar-refractivity contribution is 0.483. The van der Waals surface area contributed by atoms with Gasteiger partial charge < -0.3 is 5.11 Å². The van der Waals surface area contributed by atoms with E-state index in [9.17, 15) is 9.50 Å². The molecule has 0 atom stereocenters. The minimum atomic E-state index is -0.318. The first-order valence-electron chi connectivity index (χ1n) is 6.25. The second-order valence-corrected chi connectivity index (χ2v) is 5.40. The maximum absolute atomic E-state index is 13.7. The monoisotopic (exact) mass is 284 g/mol. The second kappa shape index (κ2) is 5.17. The number of hydrogen-bond donors (Lipinski definition) is 1. The molecule has 0 radical (unpaired) electrons. The van der Waals surface area contributed by atoms with E-state index in [-0.39, 0.29) is 11.6 Å². The normalized spacial score (nSPS) is 10.9. The van der Waals surface area contributed by atoms with Gasteiger partial charge in [0.1, 0.15) is 11.6 Å². The molecular formula is C17H13FOS. The van der Waals surface area contributed by atoms with Gasteiger partial charge in [0.25, 0.3) is 0 Å². The molecule has 0 saturated carbocycles. The fourth-order valence-corrected chi connectivity index (χ4v) is 2.72. The zero-order chi connectivity index (χ0) is 14.1. The maximum atomic E-state index is 13.7. The van der Waals surface area contributed by atoms with E-state index in [1.165, 1.54) is 11.0 Å². The molecule has 0 aliphatic heterocycles. The average molecular weight is 284 g/mol. The van der Waals surface area contributed by atoms with E-state index in [2.05, 4.69) is 0 Å². The molecule has 3 aromatic rings. The third-order valence-corrected chi connectivity index (χ3v) is 4.12. The summed E-state index contributed by atoms with van der Waals surface area (Å²) in [6.45, 7) is 0. The summed E-state index contributed by atoms with van der Waals surface area (Å²) in [4.78, 5) is 1.17. The van der Waals surface area contributed by atoms with Gasteiger partial charge in [0, 0.05) is 21.2 Å². The molecule has 3 aromatic carbocycles. The van der Waals surface area contributed by atoms with E-state index in [1.54, 1.807) is 36.0 Å². The van der Waals surface area contributed by atoms with Crippen LogP contribution in [-0.2, 0) is 0 Å². The van der Waals surface area contributed by atoms with Crippen molar-refractivity contribution < 1.29 is 9.50 Å². The number of phenolic OH excluding ortho intramolecular Hbond substituents is 1. The Hall–Kier alpha value is -2.00. The van der Waals surface area contributed by atoms with Gasteiger partial charge in [-0.2, -0.15) is 0 Å². The minimum absolute atomic E-state index is 0.124. The lowest BCUT2D eigenvalue weighted by Gasteiger charge is -2.09. The highest BCUT2D eigenvalue weighted by atomic mass is 32.2. The van der Waals surface area contributed by atoms with Crippen LogP contribution in [0.3, 0.4) is 0 Å². The van der Waals surface area contributed by atoms with Gasteiger partial charge >= 0.3 is 0 Å². The number of thioether (sulfide) groups is 1. The zero-order valence-corrected chi connectivity index (χ0v) is 11.7. The first-order chi connectivity index (χ1) is 9.70. The van der Waals surface area contributed by atoms with Crippen molar-refractivity contribution in [2.45, 2.75) is 4.90 Å². The van der Waals surface area contributed by atoms with Crippen molar-refractivity contribution in [2.24, 2.45) is 0 Å². The molecule has 0 unspecified atom stereocenters. The van der Waals surface area contributed by atoms with Gasteiger partial charge in [0.2, 0.25) is 0 Å². The number of hydrogen-bond acceptors (Lipinski definition) is 2. The average Bonchev–Trinajstić information content (AvgIpc) is 2.49. The highest BCUT2D eigenvalue weighted by molar-refractivity contribution is 7.98. The molecule has 0 aliphatic rings. The first kappa shape index (κ1) is 13.0. The topological polar surface area (TPSA) is 20.2 Å². The van der Waals surface area contributed by atoms with Crippen LogP contribution in [0.15, 0.2) is 59.5 Å².